The van der Waals surface area contributed by atoms with Crippen molar-refractivity contribution in [1.29, 1.82) is 0 Å². The van der Waals surface area contributed by atoms with E-state index in [2.05, 4.69) is 15.6 Å². The second kappa shape index (κ2) is 14.1. The highest BCUT2D eigenvalue weighted by molar-refractivity contribution is 7.13. The first kappa shape index (κ1) is 33.5. The van der Waals surface area contributed by atoms with Crippen LogP contribution in [-0.4, -0.2) is 40.8 Å². The number of aromatic nitrogens is 1. The third-order valence-electron chi connectivity index (χ3n) is 6.13. The van der Waals surface area contributed by atoms with Crippen LogP contribution in [0.4, 0.5) is 26.1 Å². The zero-order valence-electron chi connectivity index (χ0n) is 26.1. The van der Waals surface area contributed by atoms with Crippen LogP contribution in [0.2, 0.25) is 5.02 Å². The zero-order valence-corrected chi connectivity index (χ0v) is 27.7. The van der Waals surface area contributed by atoms with Gasteiger partial charge in [-0.2, -0.15) is 0 Å². The molecule has 11 heteroatoms. The lowest BCUT2D eigenvalue weighted by Gasteiger charge is -2.27. The molecule has 3 amide bonds. The van der Waals surface area contributed by atoms with E-state index in [1.54, 1.807) is 84.0 Å². The fourth-order valence-corrected chi connectivity index (χ4v) is 5.08. The molecule has 0 unspecified atom stereocenters. The molecule has 1 heterocycles. The van der Waals surface area contributed by atoms with Gasteiger partial charge in [0, 0.05) is 40.3 Å². The molecule has 0 fully saturated rings. The number of ether oxygens (including phenoxy) is 2. The molecule has 4 aromatic rings. The summed E-state index contributed by atoms with van der Waals surface area (Å²) in [4.78, 5) is 44.6. The van der Waals surface area contributed by atoms with Gasteiger partial charge in [0.1, 0.15) is 11.2 Å². The van der Waals surface area contributed by atoms with Gasteiger partial charge in [-0.05, 0) is 95.1 Å². The first-order valence-electron chi connectivity index (χ1n) is 14.4. The van der Waals surface area contributed by atoms with Gasteiger partial charge < -0.3 is 14.8 Å². The van der Waals surface area contributed by atoms with Gasteiger partial charge in [-0.1, -0.05) is 41.9 Å². The molecule has 0 radical (unpaired) electrons. The lowest BCUT2D eigenvalue weighted by molar-refractivity contribution is 0.0578. The molecule has 0 saturated heterocycles. The number of nitrogens with zero attached hydrogens (tertiary/aromatic N) is 2. The van der Waals surface area contributed by atoms with Crippen molar-refractivity contribution in [2.45, 2.75) is 59.2 Å². The molecule has 0 aliphatic rings. The van der Waals surface area contributed by atoms with E-state index in [1.165, 1.54) is 16.2 Å². The molecule has 0 atom stereocenters. The van der Waals surface area contributed by atoms with E-state index < -0.39 is 23.4 Å². The Labute approximate surface area is 272 Å². The van der Waals surface area contributed by atoms with E-state index >= 15 is 0 Å². The van der Waals surface area contributed by atoms with Gasteiger partial charge in [0.25, 0.3) is 5.91 Å². The summed E-state index contributed by atoms with van der Waals surface area (Å²) < 4.78 is 11.0. The third-order valence-corrected chi connectivity index (χ3v) is 7.19. The fourth-order valence-electron chi connectivity index (χ4n) is 4.22. The summed E-state index contributed by atoms with van der Waals surface area (Å²) in [6.07, 6.45) is -0.691. The zero-order chi connectivity index (χ0) is 32.8. The average Bonchev–Trinajstić information content (AvgIpc) is 3.39. The Morgan fingerprint density at radius 2 is 1.49 bits per heavy atom. The number of nitrogens with one attached hydrogen (secondary N) is 2. The Kier molecular flexibility index (Phi) is 10.5. The van der Waals surface area contributed by atoms with Crippen molar-refractivity contribution in [2.24, 2.45) is 0 Å². The number of hydrogen-bond donors (Lipinski definition) is 2. The minimum absolute atomic E-state index is 0.267. The summed E-state index contributed by atoms with van der Waals surface area (Å²) >= 11 is 7.32. The van der Waals surface area contributed by atoms with Gasteiger partial charge in [0.15, 0.2) is 5.13 Å². The minimum atomic E-state index is -0.703. The number of halogens is 1. The van der Waals surface area contributed by atoms with Gasteiger partial charge >= 0.3 is 12.2 Å². The van der Waals surface area contributed by atoms with Crippen molar-refractivity contribution in [3.63, 3.8) is 0 Å². The normalized spacial score (nSPS) is 11.4. The summed E-state index contributed by atoms with van der Waals surface area (Å²) in [7, 11) is 0. The van der Waals surface area contributed by atoms with Gasteiger partial charge in [-0.15, -0.1) is 11.3 Å². The largest absolute Gasteiger partial charge is 0.444 e. The van der Waals surface area contributed by atoms with Crippen LogP contribution in [0.1, 0.15) is 57.6 Å². The molecule has 1 aromatic heterocycles. The van der Waals surface area contributed by atoms with Gasteiger partial charge in [0.2, 0.25) is 0 Å². The van der Waals surface area contributed by atoms with Crippen LogP contribution in [0.5, 0.6) is 0 Å². The molecule has 45 heavy (non-hydrogen) atoms. The summed E-state index contributed by atoms with van der Waals surface area (Å²) in [6.45, 7) is 11.0. The third kappa shape index (κ3) is 10.1. The molecule has 0 saturated carbocycles. The Bertz CT molecular complexity index is 1640. The predicted octanol–water partition coefficient (Wildman–Crippen LogP) is 9.05. The molecule has 0 aliphatic heterocycles. The SMILES string of the molecule is CC(C)(C)OC(=O)Nc1nc(CCN(C(=O)OC(C)(C)C)c2ccc(NC(=O)c3ccccc3-c3ccc(Cl)cc3)cc2)cs1. The number of thiazole rings is 1. The quantitative estimate of drug-likeness (QED) is 0.197. The lowest BCUT2D eigenvalue weighted by atomic mass is 9.99. The molecular weight excluding hydrogens is 612 g/mol. The highest BCUT2D eigenvalue weighted by atomic mass is 35.5. The Hall–Kier alpha value is -4.41. The van der Waals surface area contributed by atoms with E-state index in [0.29, 0.717) is 39.2 Å². The lowest BCUT2D eigenvalue weighted by Crippen LogP contribution is -2.38. The van der Waals surface area contributed by atoms with Crippen molar-refractivity contribution in [1.82, 2.24) is 4.98 Å². The van der Waals surface area contributed by atoms with Crippen LogP contribution >= 0.6 is 22.9 Å². The highest BCUT2D eigenvalue weighted by Gasteiger charge is 2.24. The van der Waals surface area contributed by atoms with Crippen LogP contribution < -0.4 is 15.5 Å². The Balaban J connectivity index is 1.47. The van der Waals surface area contributed by atoms with Crippen LogP contribution in [-0.2, 0) is 15.9 Å². The maximum Gasteiger partial charge on any atom is 0.414 e. The molecule has 3 aromatic carbocycles. The standard InChI is InChI=1S/C34H37ClN4O5S/c1-33(2,3)43-31(41)38-30-37-25(21-45-30)19-20-39(32(42)44-34(4,5)6)26-17-15-24(16-18-26)36-29(40)28-10-8-7-9-27(28)22-11-13-23(35)14-12-22/h7-18,21H,19-20H2,1-6H3,(H,36,40)(H,37,38,41). The maximum absolute atomic E-state index is 13.3. The number of anilines is 3. The molecule has 2 N–H and O–H groups in total. The van der Waals surface area contributed by atoms with Crippen LogP contribution in [0, 0.1) is 0 Å². The molecule has 4 rings (SSSR count). The molecule has 0 spiro atoms. The summed E-state index contributed by atoms with van der Waals surface area (Å²) in [6, 6.07) is 21.6. The maximum atomic E-state index is 13.3. The Morgan fingerprint density at radius 1 is 0.844 bits per heavy atom. The van der Waals surface area contributed by atoms with Crippen LogP contribution in [0.3, 0.4) is 0 Å². The monoisotopic (exact) mass is 648 g/mol. The second-order valence-corrected chi connectivity index (χ2v) is 13.5. The van der Waals surface area contributed by atoms with Crippen molar-refractivity contribution >= 4 is 57.5 Å². The van der Waals surface area contributed by atoms with Gasteiger partial charge in [0.05, 0.1) is 5.69 Å². The first-order chi connectivity index (χ1) is 21.2. The van der Waals surface area contributed by atoms with Crippen molar-refractivity contribution in [3.05, 3.63) is 94.5 Å². The number of benzene rings is 3. The van der Waals surface area contributed by atoms with Gasteiger partial charge in [-0.3, -0.25) is 15.0 Å². The van der Waals surface area contributed by atoms with E-state index in [1.807, 2.05) is 35.7 Å². The van der Waals surface area contributed by atoms with Gasteiger partial charge in [-0.25, -0.2) is 14.6 Å². The number of rotatable bonds is 8. The highest BCUT2D eigenvalue weighted by Crippen LogP contribution is 2.27. The number of amides is 3. The summed E-state index contributed by atoms with van der Waals surface area (Å²) in [5.74, 6) is -0.267. The molecule has 9 nitrogen and oxygen atoms in total. The number of carbonyl (C=O) groups excluding carboxylic acids is 3. The number of hydrogen-bond acceptors (Lipinski definition) is 7. The Morgan fingerprint density at radius 3 is 2.13 bits per heavy atom. The molecule has 0 bridgehead atoms. The minimum Gasteiger partial charge on any atom is -0.444 e. The van der Waals surface area contributed by atoms with Crippen LogP contribution in [0.15, 0.2) is 78.2 Å². The van der Waals surface area contributed by atoms with Crippen LogP contribution in [0.25, 0.3) is 11.1 Å². The molecule has 236 valence electrons. The van der Waals surface area contributed by atoms with E-state index in [0.717, 1.165) is 11.1 Å². The van der Waals surface area contributed by atoms with Crippen molar-refractivity contribution in [2.75, 3.05) is 22.1 Å². The smallest absolute Gasteiger partial charge is 0.414 e. The first-order valence-corrected chi connectivity index (χ1v) is 15.6. The van der Waals surface area contributed by atoms with E-state index in [-0.39, 0.29) is 12.5 Å². The van der Waals surface area contributed by atoms with Crippen molar-refractivity contribution < 1.29 is 23.9 Å². The predicted molar refractivity (Wildman–Crippen MR) is 181 cm³/mol. The fraction of sp³-hybridized carbons (Fsp3) is 0.294. The van der Waals surface area contributed by atoms with E-state index in [9.17, 15) is 14.4 Å². The van der Waals surface area contributed by atoms with E-state index in [4.69, 9.17) is 21.1 Å². The number of carbonyl (C=O) groups is 3. The summed E-state index contributed by atoms with van der Waals surface area (Å²) in [5, 5.41) is 8.43. The van der Waals surface area contributed by atoms with Crippen molar-refractivity contribution in [3.8, 4) is 11.1 Å². The topological polar surface area (TPSA) is 110 Å². The molecular formula is C34H37ClN4O5S. The molecule has 0 aliphatic carbocycles. The average molecular weight is 649 g/mol. The second-order valence-electron chi connectivity index (χ2n) is 12.2. The summed E-state index contributed by atoms with van der Waals surface area (Å²) in [5.41, 5.74) is 2.70.